The number of rotatable bonds is 7. The Hall–Kier alpha value is -1.69. The molecule has 0 amide bonds. The van der Waals surface area contributed by atoms with Crippen LogP contribution in [0.3, 0.4) is 0 Å². The summed E-state index contributed by atoms with van der Waals surface area (Å²) in [6.45, 7) is 9.83. The lowest BCUT2D eigenvalue weighted by atomic mass is 9.94. The van der Waals surface area contributed by atoms with Crippen LogP contribution in [-0.2, 0) is 0 Å². The van der Waals surface area contributed by atoms with Gasteiger partial charge < -0.3 is 15.5 Å². The van der Waals surface area contributed by atoms with Gasteiger partial charge in [0.05, 0.1) is 17.5 Å². The number of anilines is 1. The van der Waals surface area contributed by atoms with Gasteiger partial charge >= 0.3 is 5.97 Å². The van der Waals surface area contributed by atoms with E-state index < -0.39 is 11.6 Å². The molecule has 118 valence electrons. The van der Waals surface area contributed by atoms with Gasteiger partial charge in [0.15, 0.2) is 5.69 Å². The molecule has 3 N–H and O–H groups in total. The van der Waals surface area contributed by atoms with Crippen molar-refractivity contribution >= 4 is 11.7 Å². The summed E-state index contributed by atoms with van der Waals surface area (Å²) in [5.74, 6) is -0.210. The maximum Gasteiger partial charge on any atom is 0.356 e. The lowest BCUT2D eigenvalue weighted by Gasteiger charge is -2.26. The minimum absolute atomic E-state index is 0.0567. The first kappa shape index (κ1) is 17.4. The molecule has 0 saturated heterocycles. The molecule has 0 aliphatic rings. The Bertz CT molecular complexity index is 499. The summed E-state index contributed by atoms with van der Waals surface area (Å²) >= 11 is 0. The third kappa shape index (κ3) is 5.30. The second-order valence-corrected chi connectivity index (χ2v) is 6.40. The van der Waals surface area contributed by atoms with Crippen molar-refractivity contribution in [3.63, 3.8) is 0 Å². The van der Waals surface area contributed by atoms with Gasteiger partial charge in [-0.2, -0.15) is 0 Å². The molecule has 0 aliphatic heterocycles. The summed E-state index contributed by atoms with van der Waals surface area (Å²) in [5, 5.41) is 22.5. The first-order valence-corrected chi connectivity index (χ1v) is 7.19. The van der Waals surface area contributed by atoms with Crippen molar-refractivity contribution in [2.75, 3.05) is 11.9 Å². The van der Waals surface area contributed by atoms with Crippen LogP contribution in [0.5, 0.6) is 0 Å². The number of aliphatic hydroxyl groups is 1. The molecule has 6 heteroatoms. The fraction of sp³-hybridized carbons (Fsp3) is 0.667. The first-order chi connectivity index (χ1) is 9.62. The molecule has 1 heterocycles. The summed E-state index contributed by atoms with van der Waals surface area (Å²) in [7, 11) is 0. The van der Waals surface area contributed by atoms with E-state index >= 15 is 0 Å². The average molecular weight is 295 g/mol. The van der Waals surface area contributed by atoms with Crippen LogP contribution in [0.15, 0.2) is 6.20 Å². The Labute approximate surface area is 125 Å². The fourth-order valence-corrected chi connectivity index (χ4v) is 2.20. The number of nitrogens with zero attached hydrogens (tertiary/aromatic N) is 2. The third-order valence-electron chi connectivity index (χ3n) is 3.03. The summed E-state index contributed by atoms with van der Waals surface area (Å²) in [5.41, 5.74) is -0.648. The minimum atomic E-state index is -1.11. The van der Waals surface area contributed by atoms with Crippen LogP contribution >= 0.6 is 0 Å². The molecule has 1 aromatic heterocycles. The Balaban J connectivity index is 2.90. The molecule has 0 fully saturated rings. The molecule has 0 radical (unpaired) electrons. The van der Waals surface area contributed by atoms with E-state index in [2.05, 4.69) is 15.3 Å². The SMILES string of the molecule is CC(C)CC(C)(O)CNc1cnc(C(C)C)nc1C(=O)O. The number of hydrogen-bond acceptors (Lipinski definition) is 5. The second kappa shape index (κ2) is 6.85. The zero-order chi connectivity index (χ0) is 16.2. The molecule has 0 bridgehead atoms. The van der Waals surface area contributed by atoms with E-state index in [0.717, 1.165) is 0 Å². The van der Waals surface area contributed by atoms with Crippen LogP contribution in [0.25, 0.3) is 0 Å². The molecule has 1 unspecified atom stereocenters. The van der Waals surface area contributed by atoms with E-state index in [1.807, 2.05) is 27.7 Å². The Morgan fingerprint density at radius 2 is 2.00 bits per heavy atom. The largest absolute Gasteiger partial charge is 0.476 e. The average Bonchev–Trinajstić information content (AvgIpc) is 2.34. The van der Waals surface area contributed by atoms with Gasteiger partial charge in [-0.15, -0.1) is 0 Å². The number of nitrogens with one attached hydrogen (secondary N) is 1. The lowest BCUT2D eigenvalue weighted by molar-refractivity contribution is 0.0513. The maximum atomic E-state index is 11.3. The van der Waals surface area contributed by atoms with E-state index in [1.54, 1.807) is 6.92 Å². The van der Waals surface area contributed by atoms with Crippen LogP contribution < -0.4 is 5.32 Å². The molecule has 1 rings (SSSR count). The van der Waals surface area contributed by atoms with Gasteiger partial charge in [0.25, 0.3) is 0 Å². The first-order valence-electron chi connectivity index (χ1n) is 7.19. The van der Waals surface area contributed by atoms with Crippen LogP contribution in [0.1, 0.15) is 63.3 Å². The third-order valence-corrected chi connectivity index (χ3v) is 3.03. The number of carboxylic acids is 1. The van der Waals surface area contributed by atoms with Gasteiger partial charge in [0.2, 0.25) is 0 Å². The van der Waals surface area contributed by atoms with Crippen LogP contribution in [0, 0.1) is 5.92 Å². The van der Waals surface area contributed by atoms with Crippen LogP contribution in [0.2, 0.25) is 0 Å². The molecule has 1 atom stereocenters. The zero-order valence-corrected chi connectivity index (χ0v) is 13.3. The van der Waals surface area contributed by atoms with Gasteiger partial charge in [-0.1, -0.05) is 27.7 Å². The monoisotopic (exact) mass is 295 g/mol. The highest BCUT2D eigenvalue weighted by molar-refractivity contribution is 5.91. The van der Waals surface area contributed by atoms with Crippen molar-refractivity contribution < 1.29 is 15.0 Å². The highest BCUT2D eigenvalue weighted by atomic mass is 16.4. The predicted molar refractivity (Wildman–Crippen MR) is 81.6 cm³/mol. The van der Waals surface area contributed by atoms with Crippen LogP contribution in [0.4, 0.5) is 5.69 Å². The van der Waals surface area contributed by atoms with Gasteiger partial charge in [0.1, 0.15) is 5.82 Å². The highest BCUT2D eigenvalue weighted by Crippen LogP contribution is 2.20. The molecule has 1 aromatic rings. The number of aromatic carboxylic acids is 1. The molecule has 21 heavy (non-hydrogen) atoms. The minimum Gasteiger partial charge on any atom is -0.476 e. The highest BCUT2D eigenvalue weighted by Gasteiger charge is 2.23. The van der Waals surface area contributed by atoms with E-state index in [-0.39, 0.29) is 18.2 Å². The molecular weight excluding hydrogens is 270 g/mol. The van der Waals surface area contributed by atoms with E-state index in [1.165, 1.54) is 6.20 Å². The van der Waals surface area contributed by atoms with Gasteiger partial charge in [-0.25, -0.2) is 14.8 Å². The van der Waals surface area contributed by atoms with E-state index in [0.29, 0.717) is 23.9 Å². The van der Waals surface area contributed by atoms with Crippen molar-refractivity contribution in [3.8, 4) is 0 Å². The Morgan fingerprint density at radius 3 is 2.48 bits per heavy atom. The van der Waals surface area contributed by atoms with Crippen molar-refractivity contribution in [3.05, 3.63) is 17.7 Å². The van der Waals surface area contributed by atoms with E-state index in [4.69, 9.17) is 0 Å². The molecule has 0 saturated carbocycles. The van der Waals surface area contributed by atoms with Crippen LogP contribution in [-0.4, -0.2) is 38.3 Å². The smallest absolute Gasteiger partial charge is 0.356 e. The summed E-state index contributed by atoms with van der Waals surface area (Å²) in [6, 6.07) is 0. The Morgan fingerprint density at radius 1 is 1.38 bits per heavy atom. The number of aromatic nitrogens is 2. The lowest BCUT2D eigenvalue weighted by Crippen LogP contribution is -2.35. The molecule has 0 aromatic carbocycles. The molecule has 0 aliphatic carbocycles. The molecule has 6 nitrogen and oxygen atoms in total. The standard InChI is InChI=1S/C15H25N3O3/c1-9(2)6-15(5,21)8-17-11-7-16-13(10(3)4)18-12(11)14(19)20/h7,9-10,17,21H,6,8H2,1-5H3,(H,19,20). The molecule has 0 spiro atoms. The summed E-state index contributed by atoms with van der Waals surface area (Å²) in [4.78, 5) is 19.5. The topological polar surface area (TPSA) is 95.3 Å². The van der Waals surface area contributed by atoms with Gasteiger partial charge in [-0.05, 0) is 19.3 Å². The van der Waals surface area contributed by atoms with Crippen molar-refractivity contribution in [1.82, 2.24) is 9.97 Å². The normalized spacial score (nSPS) is 14.3. The number of carboxylic acid groups (broad SMARTS) is 1. The van der Waals surface area contributed by atoms with Gasteiger partial charge in [-0.3, -0.25) is 0 Å². The van der Waals surface area contributed by atoms with Crippen molar-refractivity contribution in [2.24, 2.45) is 5.92 Å². The Kier molecular flexibility index (Phi) is 5.66. The number of carbonyl (C=O) groups is 1. The quantitative estimate of drug-likeness (QED) is 0.715. The van der Waals surface area contributed by atoms with E-state index in [9.17, 15) is 15.0 Å². The van der Waals surface area contributed by atoms with Crippen molar-refractivity contribution in [1.29, 1.82) is 0 Å². The fourth-order valence-electron chi connectivity index (χ4n) is 2.20. The summed E-state index contributed by atoms with van der Waals surface area (Å²) < 4.78 is 0. The number of hydrogen-bond donors (Lipinski definition) is 3. The zero-order valence-electron chi connectivity index (χ0n) is 13.3. The molecular formula is C15H25N3O3. The summed E-state index contributed by atoms with van der Waals surface area (Å²) in [6.07, 6.45) is 2.09. The van der Waals surface area contributed by atoms with Crippen molar-refractivity contribution in [2.45, 2.75) is 52.6 Å². The maximum absolute atomic E-state index is 11.3. The van der Waals surface area contributed by atoms with Gasteiger partial charge in [0, 0.05) is 12.5 Å². The second-order valence-electron chi connectivity index (χ2n) is 6.40. The predicted octanol–water partition coefficient (Wildman–Crippen LogP) is 2.51.